The molecule has 5 atom stereocenters. The molecule has 33 heavy (non-hydrogen) atoms. The molecule has 10 nitrogen and oxygen atoms in total. The van der Waals surface area contributed by atoms with Crippen molar-refractivity contribution in [3.63, 3.8) is 0 Å². The summed E-state index contributed by atoms with van der Waals surface area (Å²) in [6, 6.07) is 5.70. The monoisotopic (exact) mass is 468 g/mol. The van der Waals surface area contributed by atoms with Crippen molar-refractivity contribution in [1.82, 2.24) is 0 Å². The zero-order valence-corrected chi connectivity index (χ0v) is 18.8. The molecular formula is C23H32O10. The van der Waals surface area contributed by atoms with Gasteiger partial charge in [0.25, 0.3) is 0 Å². The summed E-state index contributed by atoms with van der Waals surface area (Å²) in [5.74, 6) is -2.77. The first-order valence-electron chi connectivity index (χ1n) is 11.0. The van der Waals surface area contributed by atoms with Crippen LogP contribution in [0.25, 0.3) is 0 Å². The number of esters is 2. The van der Waals surface area contributed by atoms with Crippen LogP contribution in [0.1, 0.15) is 66.7 Å². The number of aliphatic hydroxyl groups is 3. The predicted octanol–water partition coefficient (Wildman–Crippen LogP) is 1.50. The molecule has 1 aliphatic heterocycles. The van der Waals surface area contributed by atoms with Crippen LogP contribution in [-0.4, -0.2) is 75.6 Å². The van der Waals surface area contributed by atoms with Gasteiger partial charge in [-0.15, -0.1) is 0 Å². The van der Waals surface area contributed by atoms with Gasteiger partial charge < -0.3 is 34.6 Å². The van der Waals surface area contributed by atoms with E-state index in [-0.39, 0.29) is 17.7 Å². The summed E-state index contributed by atoms with van der Waals surface area (Å²) < 4.78 is 15.2. The van der Waals surface area contributed by atoms with Crippen molar-refractivity contribution in [1.29, 1.82) is 0 Å². The molecule has 1 aliphatic rings. The molecule has 0 radical (unpaired) electrons. The zero-order valence-electron chi connectivity index (χ0n) is 18.8. The fourth-order valence-electron chi connectivity index (χ4n) is 3.41. The minimum absolute atomic E-state index is 0.0667. The quantitative estimate of drug-likeness (QED) is 0.277. The van der Waals surface area contributed by atoms with Crippen LogP contribution in [0.4, 0.5) is 0 Å². The Morgan fingerprint density at radius 3 is 2.12 bits per heavy atom. The van der Waals surface area contributed by atoms with Gasteiger partial charge >= 0.3 is 17.9 Å². The number of carbonyl (C=O) groups is 3. The van der Waals surface area contributed by atoms with E-state index < -0.39 is 48.6 Å². The Bertz CT molecular complexity index is 808. The highest BCUT2D eigenvalue weighted by molar-refractivity contribution is 6.03. The Morgan fingerprint density at radius 2 is 1.52 bits per heavy atom. The largest absolute Gasteiger partial charge is 0.479 e. The van der Waals surface area contributed by atoms with E-state index in [2.05, 4.69) is 13.8 Å². The van der Waals surface area contributed by atoms with E-state index in [9.17, 15) is 29.7 Å². The van der Waals surface area contributed by atoms with E-state index in [1.807, 2.05) is 0 Å². The summed E-state index contributed by atoms with van der Waals surface area (Å²) in [6.45, 7) is 4.53. The molecule has 1 fully saturated rings. The first kappa shape index (κ1) is 26.7. The number of hydrogen-bond acceptors (Lipinski definition) is 9. The number of unbranched alkanes of at least 4 members (excludes halogenated alkanes) is 3. The van der Waals surface area contributed by atoms with Gasteiger partial charge in [0.05, 0.1) is 17.7 Å². The third kappa shape index (κ3) is 7.50. The molecule has 0 amide bonds. The topological polar surface area (TPSA) is 160 Å². The van der Waals surface area contributed by atoms with Gasteiger partial charge in [0.15, 0.2) is 6.10 Å². The lowest BCUT2D eigenvalue weighted by molar-refractivity contribution is -0.278. The van der Waals surface area contributed by atoms with Gasteiger partial charge in [0, 0.05) is 0 Å². The second kappa shape index (κ2) is 12.6. The van der Waals surface area contributed by atoms with Crippen molar-refractivity contribution in [3.05, 3.63) is 35.4 Å². The summed E-state index contributed by atoms with van der Waals surface area (Å²) in [5.41, 5.74) is -0.245. The maximum Gasteiger partial charge on any atom is 0.341 e. The SMILES string of the molecule is CC(C)CCCCCCOC(=O)c1ccccc1C(=O)O[C@@H]1O[C@H](C(=O)O)[C@@H](O)[C@H](O)[C@H]1O. The maximum atomic E-state index is 12.6. The van der Waals surface area contributed by atoms with Crippen molar-refractivity contribution in [2.24, 2.45) is 5.92 Å². The minimum atomic E-state index is -1.92. The normalized spacial score (nSPS) is 25.0. The molecule has 1 aromatic carbocycles. The number of aliphatic carboxylic acids is 1. The van der Waals surface area contributed by atoms with Crippen LogP contribution < -0.4 is 0 Å². The summed E-state index contributed by atoms with van der Waals surface area (Å²) in [6.07, 6.45) is -4.60. The highest BCUT2D eigenvalue weighted by Crippen LogP contribution is 2.24. The van der Waals surface area contributed by atoms with E-state index in [0.717, 1.165) is 25.7 Å². The zero-order chi connectivity index (χ0) is 24.5. The van der Waals surface area contributed by atoms with Gasteiger partial charge in [-0.05, 0) is 24.5 Å². The van der Waals surface area contributed by atoms with E-state index in [1.54, 1.807) is 0 Å². The van der Waals surface area contributed by atoms with Gasteiger partial charge in [0.2, 0.25) is 6.29 Å². The number of rotatable bonds is 11. The van der Waals surface area contributed by atoms with Crippen LogP contribution in [0.5, 0.6) is 0 Å². The van der Waals surface area contributed by atoms with Crippen LogP contribution in [-0.2, 0) is 19.0 Å². The van der Waals surface area contributed by atoms with Crippen molar-refractivity contribution in [2.45, 2.75) is 76.7 Å². The molecule has 0 spiro atoms. The van der Waals surface area contributed by atoms with E-state index in [1.165, 1.54) is 24.3 Å². The first-order chi connectivity index (χ1) is 15.6. The lowest BCUT2D eigenvalue weighted by atomic mass is 9.99. The molecule has 10 heteroatoms. The lowest BCUT2D eigenvalue weighted by Crippen LogP contribution is -2.60. The predicted molar refractivity (Wildman–Crippen MR) is 114 cm³/mol. The van der Waals surface area contributed by atoms with Gasteiger partial charge in [-0.25, -0.2) is 14.4 Å². The highest BCUT2D eigenvalue weighted by atomic mass is 16.7. The third-order valence-electron chi connectivity index (χ3n) is 5.31. The minimum Gasteiger partial charge on any atom is -0.479 e. The van der Waals surface area contributed by atoms with E-state index >= 15 is 0 Å². The average molecular weight is 468 g/mol. The number of hydrogen-bond donors (Lipinski definition) is 4. The smallest absolute Gasteiger partial charge is 0.341 e. The summed E-state index contributed by atoms with van der Waals surface area (Å²) in [4.78, 5) is 36.3. The molecule has 0 saturated carbocycles. The molecule has 0 unspecified atom stereocenters. The fraction of sp³-hybridized carbons (Fsp3) is 0.609. The Labute approximate surface area is 192 Å². The Balaban J connectivity index is 1.96. The molecule has 184 valence electrons. The van der Waals surface area contributed by atoms with Gasteiger partial charge in [-0.2, -0.15) is 0 Å². The van der Waals surface area contributed by atoms with Crippen molar-refractivity contribution in [3.8, 4) is 0 Å². The number of ether oxygens (including phenoxy) is 3. The third-order valence-corrected chi connectivity index (χ3v) is 5.31. The summed E-state index contributed by atoms with van der Waals surface area (Å²) in [5, 5.41) is 38.7. The second-order valence-corrected chi connectivity index (χ2v) is 8.42. The van der Waals surface area contributed by atoms with Crippen LogP contribution in [0, 0.1) is 5.92 Å². The second-order valence-electron chi connectivity index (χ2n) is 8.42. The van der Waals surface area contributed by atoms with Crippen molar-refractivity contribution < 1.29 is 49.0 Å². The number of aliphatic hydroxyl groups excluding tert-OH is 3. The standard InChI is InChI=1S/C23H32O10/c1-13(2)9-5-3-4-8-12-31-21(29)14-10-6-7-11-15(14)22(30)33-23-18(26)16(24)17(25)19(32-23)20(27)28/h6-7,10-11,13,16-19,23-26H,3-5,8-9,12H2,1-2H3,(H,27,28)/t16-,17-,18+,19-,23-/m0/s1. The molecular weight excluding hydrogens is 436 g/mol. The Hall–Kier alpha value is -2.53. The van der Waals surface area contributed by atoms with E-state index in [0.29, 0.717) is 12.3 Å². The first-order valence-corrected chi connectivity index (χ1v) is 11.0. The van der Waals surface area contributed by atoms with Crippen molar-refractivity contribution in [2.75, 3.05) is 6.61 Å². The number of carboxylic acids is 1. The van der Waals surface area contributed by atoms with Gasteiger partial charge in [0.1, 0.15) is 18.3 Å². The number of carboxylic acid groups (broad SMARTS) is 1. The molecule has 2 rings (SSSR count). The lowest BCUT2D eigenvalue weighted by Gasteiger charge is -2.37. The van der Waals surface area contributed by atoms with Crippen LogP contribution in [0.15, 0.2) is 24.3 Å². The van der Waals surface area contributed by atoms with Crippen LogP contribution >= 0.6 is 0 Å². The van der Waals surface area contributed by atoms with Gasteiger partial charge in [-0.3, -0.25) is 0 Å². The van der Waals surface area contributed by atoms with Crippen LogP contribution in [0.3, 0.4) is 0 Å². The number of benzene rings is 1. The number of carbonyl (C=O) groups excluding carboxylic acids is 2. The summed E-state index contributed by atoms with van der Waals surface area (Å²) >= 11 is 0. The molecule has 0 bridgehead atoms. The van der Waals surface area contributed by atoms with Gasteiger partial charge in [-0.1, -0.05) is 51.7 Å². The molecule has 1 heterocycles. The van der Waals surface area contributed by atoms with E-state index in [4.69, 9.17) is 19.3 Å². The highest BCUT2D eigenvalue weighted by Gasteiger charge is 2.48. The fourth-order valence-corrected chi connectivity index (χ4v) is 3.41. The average Bonchev–Trinajstić information content (AvgIpc) is 2.78. The molecule has 0 aromatic heterocycles. The maximum absolute atomic E-state index is 12.6. The summed E-state index contributed by atoms with van der Waals surface area (Å²) in [7, 11) is 0. The Kier molecular flexibility index (Phi) is 10.2. The van der Waals surface area contributed by atoms with Crippen molar-refractivity contribution >= 4 is 17.9 Å². The van der Waals surface area contributed by atoms with Crippen LogP contribution in [0.2, 0.25) is 0 Å². The molecule has 1 aromatic rings. The molecule has 4 N–H and O–H groups in total. The Morgan fingerprint density at radius 1 is 0.909 bits per heavy atom. The molecule has 0 aliphatic carbocycles. The molecule has 1 saturated heterocycles.